The lowest BCUT2D eigenvalue weighted by Gasteiger charge is -2.22. The predicted octanol–water partition coefficient (Wildman–Crippen LogP) is 4.64. The molecule has 0 nitrogen and oxygen atoms in total. The van der Waals surface area contributed by atoms with E-state index >= 15 is 0 Å². The van der Waals surface area contributed by atoms with E-state index in [0.29, 0.717) is 0 Å². The molecule has 0 saturated heterocycles. The first-order valence-corrected chi connectivity index (χ1v) is 6.81. The van der Waals surface area contributed by atoms with Crippen molar-refractivity contribution >= 4 is 0 Å². The Kier molecular flexibility index (Phi) is 3.52. The Labute approximate surface area is 89.5 Å². The minimum Gasteiger partial charge on any atom is -0.0654 e. The van der Waals surface area contributed by atoms with Gasteiger partial charge in [-0.2, -0.15) is 0 Å². The van der Waals surface area contributed by atoms with Gasteiger partial charge in [0.05, 0.1) is 0 Å². The molecule has 4 atom stereocenters. The average Bonchev–Trinajstić information content (AvgIpc) is 2.74. The summed E-state index contributed by atoms with van der Waals surface area (Å²) in [6, 6.07) is 0. The van der Waals surface area contributed by atoms with E-state index in [1.165, 1.54) is 25.7 Å². The van der Waals surface area contributed by atoms with Gasteiger partial charge in [-0.05, 0) is 42.9 Å². The summed E-state index contributed by atoms with van der Waals surface area (Å²) >= 11 is 0. The molecule has 0 aromatic rings. The molecule has 14 heavy (non-hydrogen) atoms. The summed E-state index contributed by atoms with van der Waals surface area (Å²) in [5, 5.41) is 0. The smallest absolute Gasteiger partial charge is 0.0360 e. The largest absolute Gasteiger partial charge is 0.0654 e. The van der Waals surface area contributed by atoms with Gasteiger partial charge >= 0.3 is 0 Å². The fraction of sp³-hybridized carbons (Fsp3) is 1.00. The Morgan fingerprint density at radius 1 is 1.07 bits per heavy atom. The van der Waals surface area contributed by atoms with Crippen molar-refractivity contribution in [3.63, 3.8) is 0 Å². The van der Waals surface area contributed by atoms with E-state index in [1.807, 2.05) is 0 Å². The molecule has 4 unspecified atom stereocenters. The monoisotopic (exact) mass is 194 g/mol. The van der Waals surface area contributed by atoms with E-state index in [2.05, 4.69) is 13.8 Å². The van der Waals surface area contributed by atoms with Gasteiger partial charge in [0.25, 0.3) is 0 Å². The first kappa shape index (κ1) is 10.5. The van der Waals surface area contributed by atoms with Crippen LogP contribution in [0.5, 0.6) is 0 Å². The third kappa shape index (κ3) is 2.15. The van der Waals surface area contributed by atoms with Crippen molar-refractivity contribution in [3.8, 4) is 0 Å². The summed E-state index contributed by atoms with van der Waals surface area (Å²) in [6.07, 6.45) is 12.1. The van der Waals surface area contributed by atoms with Gasteiger partial charge in [0.1, 0.15) is 0 Å². The minimum absolute atomic E-state index is 1.04. The molecule has 0 aliphatic heterocycles. The van der Waals surface area contributed by atoms with Gasteiger partial charge in [0.15, 0.2) is 0 Å². The maximum Gasteiger partial charge on any atom is -0.0360 e. The van der Waals surface area contributed by atoms with Crippen molar-refractivity contribution in [2.45, 2.75) is 65.2 Å². The summed E-state index contributed by atoms with van der Waals surface area (Å²) in [5.41, 5.74) is 0. The van der Waals surface area contributed by atoms with Gasteiger partial charge in [-0.3, -0.25) is 0 Å². The highest BCUT2D eigenvalue weighted by molar-refractivity contribution is 4.86. The molecule has 0 spiro atoms. The van der Waals surface area contributed by atoms with Crippen LogP contribution < -0.4 is 0 Å². The zero-order chi connectivity index (χ0) is 9.97. The molecule has 0 aromatic carbocycles. The molecule has 0 aromatic heterocycles. The molecule has 2 aliphatic carbocycles. The summed E-state index contributed by atoms with van der Waals surface area (Å²) in [4.78, 5) is 0. The lowest BCUT2D eigenvalue weighted by Crippen LogP contribution is -2.14. The van der Waals surface area contributed by atoms with Crippen molar-refractivity contribution in [3.05, 3.63) is 0 Å². The summed E-state index contributed by atoms with van der Waals surface area (Å²) in [5.74, 6) is 4.36. The molecule has 82 valence electrons. The maximum absolute atomic E-state index is 2.49. The van der Waals surface area contributed by atoms with Crippen molar-refractivity contribution in [1.29, 1.82) is 0 Å². The molecular weight excluding hydrogens is 168 g/mol. The fourth-order valence-electron chi connectivity index (χ4n) is 4.05. The van der Waals surface area contributed by atoms with E-state index in [4.69, 9.17) is 0 Å². The average molecular weight is 194 g/mol. The van der Waals surface area contributed by atoms with Crippen LogP contribution in [-0.4, -0.2) is 0 Å². The molecule has 0 heterocycles. The van der Waals surface area contributed by atoms with Gasteiger partial charge in [-0.25, -0.2) is 0 Å². The highest BCUT2D eigenvalue weighted by atomic mass is 14.4. The highest BCUT2D eigenvalue weighted by Crippen LogP contribution is 2.46. The van der Waals surface area contributed by atoms with Crippen molar-refractivity contribution in [2.24, 2.45) is 23.7 Å². The van der Waals surface area contributed by atoms with Crippen LogP contribution in [0.15, 0.2) is 0 Å². The maximum atomic E-state index is 2.49. The standard InChI is InChI=1S/C14H26/c1-3-5-12-8-9-13(10-12)14-7-4-6-11(14)2/h11-14H,3-10H2,1-2H3. The second-order valence-electron chi connectivity index (χ2n) is 5.80. The second kappa shape index (κ2) is 4.68. The Bertz CT molecular complexity index is 173. The van der Waals surface area contributed by atoms with Crippen molar-refractivity contribution in [2.75, 3.05) is 0 Å². The van der Waals surface area contributed by atoms with Crippen LogP contribution in [0, 0.1) is 23.7 Å². The number of hydrogen-bond acceptors (Lipinski definition) is 0. The zero-order valence-electron chi connectivity index (χ0n) is 9.97. The Morgan fingerprint density at radius 2 is 1.93 bits per heavy atom. The molecular formula is C14H26. The lowest BCUT2D eigenvalue weighted by molar-refractivity contribution is 0.270. The van der Waals surface area contributed by atoms with Crippen LogP contribution >= 0.6 is 0 Å². The molecule has 2 fully saturated rings. The van der Waals surface area contributed by atoms with Crippen LogP contribution in [0.4, 0.5) is 0 Å². The molecule has 2 aliphatic rings. The van der Waals surface area contributed by atoms with Gasteiger partial charge in [-0.15, -0.1) is 0 Å². The normalized spacial score (nSPS) is 43.3. The van der Waals surface area contributed by atoms with Crippen molar-refractivity contribution in [1.82, 2.24) is 0 Å². The molecule has 2 saturated carbocycles. The first-order chi connectivity index (χ1) is 6.81. The Hall–Kier alpha value is 0. The van der Waals surface area contributed by atoms with Crippen LogP contribution in [-0.2, 0) is 0 Å². The molecule has 0 bridgehead atoms. The molecule has 0 amide bonds. The zero-order valence-corrected chi connectivity index (χ0v) is 9.97. The predicted molar refractivity (Wildman–Crippen MR) is 62.2 cm³/mol. The topological polar surface area (TPSA) is 0 Å². The quantitative estimate of drug-likeness (QED) is 0.614. The summed E-state index contributed by atoms with van der Waals surface area (Å²) < 4.78 is 0. The number of hydrogen-bond donors (Lipinski definition) is 0. The van der Waals surface area contributed by atoms with Gasteiger partial charge < -0.3 is 0 Å². The third-order valence-electron chi connectivity index (χ3n) is 4.81. The lowest BCUT2D eigenvalue weighted by atomic mass is 9.83. The molecule has 2 rings (SSSR count). The van der Waals surface area contributed by atoms with Gasteiger partial charge in [0.2, 0.25) is 0 Å². The van der Waals surface area contributed by atoms with Crippen LogP contribution in [0.3, 0.4) is 0 Å². The fourth-order valence-corrected chi connectivity index (χ4v) is 4.05. The van der Waals surface area contributed by atoms with E-state index in [1.54, 1.807) is 25.7 Å². The van der Waals surface area contributed by atoms with Crippen LogP contribution in [0.25, 0.3) is 0 Å². The molecule has 0 heteroatoms. The number of rotatable bonds is 3. The van der Waals surface area contributed by atoms with Gasteiger partial charge in [-0.1, -0.05) is 46.0 Å². The van der Waals surface area contributed by atoms with Crippen molar-refractivity contribution < 1.29 is 0 Å². The van der Waals surface area contributed by atoms with E-state index < -0.39 is 0 Å². The Balaban J connectivity index is 1.82. The third-order valence-corrected chi connectivity index (χ3v) is 4.81. The van der Waals surface area contributed by atoms with E-state index in [9.17, 15) is 0 Å². The molecule has 0 N–H and O–H groups in total. The Morgan fingerprint density at radius 3 is 2.57 bits per heavy atom. The SMILES string of the molecule is CCCC1CCC(C2CCCC2C)C1. The van der Waals surface area contributed by atoms with Crippen LogP contribution in [0.1, 0.15) is 65.2 Å². The molecule has 0 radical (unpaired) electrons. The first-order valence-electron chi connectivity index (χ1n) is 6.81. The highest BCUT2D eigenvalue weighted by Gasteiger charge is 2.35. The van der Waals surface area contributed by atoms with Gasteiger partial charge in [0, 0.05) is 0 Å². The van der Waals surface area contributed by atoms with E-state index in [-0.39, 0.29) is 0 Å². The second-order valence-corrected chi connectivity index (χ2v) is 5.80. The summed E-state index contributed by atoms with van der Waals surface area (Å²) in [6.45, 7) is 4.83. The minimum atomic E-state index is 1.04. The van der Waals surface area contributed by atoms with Crippen LogP contribution in [0.2, 0.25) is 0 Å². The summed E-state index contributed by atoms with van der Waals surface area (Å²) in [7, 11) is 0. The van der Waals surface area contributed by atoms with E-state index in [0.717, 1.165) is 23.7 Å².